The molecule has 104 valence electrons. The fraction of sp³-hybridized carbons (Fsp3) is 0.222. The van der Waals surface area contributed by atoms with Gasteiger partial charge >= 0.3 is 0 Å². The zero-order chi connectivity index (χ0) is 14.0. The summed E-state index contributed by atoms with van der Waals surface area (Å²) in [5.41, 5.74) is 1.47. The predicted octanol–water partition coefficient (Wildman–Crippen LogP) is 6.26. The number of benzene rings is 2. The summed E-state index contributed by atoms with van der Waals surface area (Å²) >= 11 is 3.76. The summed E-state index contributed by atoms with van der Waals surface area (Å²) in [6.45, 7) is 2.23. The summed E-state index contributed by atoms with van der Waals surface area (Å²) in [6.07, 6.45) is 2.41. The zero-order valence-electron chi connectivity index (χ0n) is 11.8. The lowest BCUT2D eigenvalue weighted by Crippen LogP contribution is -1.82. The molecule has 0 heterocycles. The molecule has 0 saturated carbocycles. The molecule has 0 atom stereocenters. The largest absolute Gasteiger partial charge is 0.126 e. The molecule has 2 aromatic rings. The van der Waals surface area contributed by atoms with Crippen molar-refractivity contribution >= 4 is 23.5 Å². The minimum atomic E-state index is 1.18. The smallest absolute Gasteiger partial charge is 0.0116 e. The fourth-order valence-electron chi connectivity index (χ4n) is 1.78. The van der Waals surface area contributed by atoms with E-state index in [4.69, 9.17) is 0 Å². The van der Waals surface area contributed by atoms with Crippen molar-refractivity contribution in [2.75, 3.05) is 5.75 Å². The normalized spacial score (nSPS) is 11.6. The van der Waals surface area contributed by atoms with Gasteiger partial charge in [-0.25, -0.2) is 0 Å². The number of rotatable bonds is 7. The molecule has 0 N–H and O–H groups in total. The molecular formula is C18H20S2. The minimum Gasteiger partial charge on any atom is -0.126 e. The Bertz CT molecular complexity index is 518. The average Bonchev–Trinajstić information content (AvgIpc) is 2.52. The molecule has 0 aliphatic carbocycles. The molecule has 0 radical (unpaired) electrons. The van der Waals surface area contributed by atoms with Crippen molar-refractivity contribution in [2.24, 2.45) is 0 Å². The highest BCUT2D eigenvalue weighted by Gasteiger charge is 1.95. The van der Waals surface area contributed by atoms with Crippen LogP contribution in [0, 0.1) is 0 Å². The number of hydrogen-bond acceptors (Lipinski definition) is 2. The van der Waals surface area contributed by atoms with Crippen LogP contribution >= 0.6 is 23.5 Å². The molecule has 0 aromatic heterocycles. The lowest BCUT2D eigenvalue weighted by Gasteiger charge is -2.03. The third-order valence-corrected chi connectivity index (χ3v) is 5.03. The van der Waals surface area contributed by atoms with E-state index in [1.165, 1.54) is 34.0 Å². The highest BCUT2D eigenvalue weighted by atomic mass is 32.2. The van der Waals surface area contributed by atoms with Crippen LogP contribution in [0.25, 0.3) is 0 Å². The van der Waals surface area contributed by atoms with Crippen LogP contribution in [0.2, 0.25) is 0 Å². The van der Waals surface area contributed by atoms with E-state index >= 15 is 0 Å². The molecule has 0 fully saturated rings. The van der Waals surface area contributed by atoms with E-state index in [2.05, 4.69) is 73.0 Å². The van der Waals surface area contributed by atoms with Gasteiger partial charge in [-0.2, -0.15) is 0 Å². The van der Waals surface area contributed by atoms with Gasteiger partial charge in [-0.3, -0.25) is 0 Å². The summed E-state index contributed by atoms with van der Waals surface area (Å²) in [7, 11) is 0. The lowest BCUT2D eigenvalue weighted by molar-refractivity contribution is 0.919. The van der Waals surface area contributed by atoms with Crippen LogP contribution in [0.3, 0.4) is 0 Å². The van der Waals surface area contributed by atoms with Gasteiger partial charge in [0.25, 0.3) is 0 Å². The van der Waals surface area contributed by atoms with E-state index < -0.39 is 0 Å². The minimum absolute atomic E-state index is 1.18. The van der Waals surface area contributed by atoms with Gasteiger partial charge in [0.2, 0.25) is 0 Å². The highest BCUT2D eigenvalue weighted by molar-refractivity contribution is 8.02. The Kier molecular flexibility index (Phi) is 6.82. The summed E-state index contributed by atoms with van der Waals surface area (Å²) in [4.78, 5) is 2.68. The van der Waals surface area contributed by atoms with E-state index in [0.29, 0.717) is 0 Å². The van der Waals surface area contributed by atoms with E-state index in [-0.39, 0.29) is 0 Å². The van der Waals surface area contributed by atoms with Gasteiger partial charge in [0, 0.05) is 9.79 Å². The van der Waals surface area contributed by atoms with Crippen LogP contribution in [-0.2, 0) is 0 Å². The number of thioether (sulfide) groups is 2. The first-order valence-corrected chi connectivity index (χ1v) is 8.76. The molecule has 0 unspecified atom stereocenters. The second-order valence-corrected chi connectivity index (χ2v) is 6.77. The highest BCUT2D eigenvalue weighted by Crippen LogP contribution is 2.23. The third-order valence-electron chi connectivity index (χ3n) is 2.87. The van der Waals surface area contributed by atoms with Gasteiger partial charge < -0.3 is 0 Å². The van der Waals surface area contributed by atoms with Crippen molar-refractivity contribution in [1.82, 2.24) is 0 Å². The Balaban J connectivity index is 1.66. The first-order chi connectivity index (χ1) is 9.84. The van der Waals surface area contributed by atoms with Crippen molar-refractivity contribution < 1.29 is 0 Å². The first-order valence-electron chi connectivity index (χ1n) is 6.90. The van der Waals surface area contributed by atoms with Crippen LogP contribution in [0.15, 0.2) is 81.4 Å². The molecule has 0 bridgehead atoms. The quantitative estimate of drug-likeness (QED) is 0.437. The van der Waals surface area contributed by atoms with E-state index in [1.54, 1.807) is 0 Å². The molecule has 0 aliphatic heterocycles. The fourth-order valence-corrected chi connectivity index (χ4v) is 3.43. The predicted molar refractivity (Wildman–Crippen MR) is 92.5 cm³/mol. The molecule has 2 rings (SSSR count). The van der Waals surface area contributed by atoms with Crippen LogP contribution < -0.4 is 0 Å². The molecule has 0 amide bonds. The summed E-state index contributed by atoms with van der Waals surface area (Å²) in [5, 5.41) is 2.28. The van der Waals surface area contributed by atoms with Gasteiger partial charge in [-0.05, 0) is 55.2 Å². The number of allylic oxidation sites excluding steroid dienone is 1. The van der Waals surface area contributed by atoms with Gasteiger partial charge in [0.15, 0.2) is 0 Å². The van der Waals surface area contributed by atoms with E-state index in [0.717, 1.165) is 0 Å². The monoisotopic (exact) mass is 300 g/mol. The van der Waals surface area contributed by atoms with Gasteiger partial charge in [0.1, 0.15) is 0 Å². The van der Waals surface area contributed by atoms with E-state index in [1.807, 2.05) is 23.5 Å². The van der Waals surface area contributed by atoms with Crippen molar-refractivity contribution in [3.63, 3.8) is 0 Å². The molecule has 0 nitrogen and oxygen atoms in total. The van der Waals surface area contributed by atoms with Gasteiger partial charge in [-0.15, -0.1) is 11.8 Å². The SMILES string of the molecule is C/C(=C\Sc1ccccc1)CCCSc1ccccc1. The summed E-state index contributed by atoms with van der Waals surface area (Å²) in [5.74, 6) is 1.19. The first kappa shape index (κ1) is 15.3. The summed E-state index contributed by atoms with van der Waals surface area (Å²) < 4.78 is 0. The van der Waals surface area contributed by atoms with Crippen LogP contribution in [0.1, 0.15) is 19.8 Å². The van der Waals surface area contributed by atoms with Crippen molar-refractivity contribution in [2.45, 2.75) is 29.6 Å². The maximum atomic E-state index is 2.28. The Morgan fingerprint density at radius 3 is 2.15 bits per heavy atom. The molecule has 0 saturated heterocycles. The van der Waals surface area contributed by atoms with Crippen LogP contribution in [0.4, 0.5) is 0 Å². The molecular weight excluding hydrogens is 280 g/mol. The lowest BCUT2D eigenvalue weighted by atomic mass is 10.2. The Labute approximate surface area is 130 Å². The third kappa shape index (κ3) is 5.89. The Hall–Kier alpha value is -1.12. The van der Waals surface area contributed by atoms with Crippen molar-refractivity contribution in [1.29, 1.82) is 0 Å². The maximum Gasteiger partial charge on any atom is 0.0116 e. The Morgan fingerprint density at radius 1 is 0.900 bits per heavy atom. The second kappa shape index (κ2) is 8.93. The topological polar surface area (TPSA) is 0 Å². The Morgan fingerprint density at radius 2 is 1.50 bits per heavy atom. The van der Waals surface area contributed by atoms with E-state index in [9.17, 15) is 0 Å². The van der Waals surface area contributed by atoms with Crippen molar-refractivity contribution in [3.05, 3.63) is 71.6 Å². The average molecular weight is 300 g/mol. The molecule has 20 heavy (non-hydrogen) atoms. The zero-order valence-corrected chi connectivity index (χ0v) is 13.4. The van der Waals surface area contributed by atoms with Gasteiger partial charge in [-0.1, -0.05) is 53.7 Å². The summed E-state index contributed by atoms with van der Waals surface area (Å²) in [6, 6.07) is 21.2. The number of hydrogen-bond donors (Lipinski definition) is 0. The molecule has 0 aliphatic rings. The van der Waals surface area contributed by atoms with Crippen LogP contribution in [0.5, 0.6) is 0 Å². The van der Waals surface area contributed by atoms with Crippen molar-refractivity contribution in [3.8, 4) is 0 Å². The molecule has 2 aromatic carbocycles. The van der Waals surface area contributed by atoms with Gasteiger partial charge in [0.05, 0.1) is 0 Å². The second-order valence-electron chi connectivity index (χ2n) is 4.66. The molecule has 0 spiro atoms. The van der Waals surface area contributed by atoms with Crippen LogP contribution in [-0.4, -0.2) is 5.75 Å². The standard InChI is InChI=1S/C18H20S2/c1-16(15-20-18-12-6-3-7-13-18)9-8-14-19-17-10-4-2-5-11-17/h2-7,10-13,15H,8-9,14H2,1H3/b16-15+. The maximum absolute atomic E-state index is 2.28. The molecule has 2 heteroatoms.